The second-order valence-electron chi connectivity index (χ2n) is 7.68. The highest BCUT2D eigenvalue weighted by molar-refractivity contribution is 8.18. The van der Waals surface area contributed by atoms with Crippen LogP contribution in [-0.4, -0.2) is 20.6 Å². The Morgan fingerprint density at radius 3 is 2.36 bits per heavy atom. The zero-order chi connectivity index (χ0) is 22.9. The molecule has 2 amide bonds. The van der Waals surface area contributed by atoms with Crippen LogP contribution < -0.4 is 0 Å². The maximum Gasteiger partial charge on any atom is 0.293 e. The number of thioether (sulfide) groups is 1. The van der Waals surface area contributed by atoms with Crippen molar-refractivity contribution in [2.75, 3.05) is 0 Å². The van der Waals surface area contributed by atoms with E-state index < -0.39 is 17.0 Å². The van der Waals surface area contributed by atoms with Crippen LogP contribution in [0.15, 0.2) is 83.9 Å². The Labute approximate surface area is 199 Å². The predicted molar refractivity (Wildman–Crippen MR) is 130 cm³/mol. The Kier molecular flexibility index (Phi) is 5.79. The number of imide groups is 1. The Bertz CT molecular complexity index is 1430. The van der Waals surface area contributed by atoms with Crippen molar-refractivity contribution < 1.29 is 14.0 Å². The van der Waals surface area contributed by atoms with Crippen LogP contribution in [-0.2, 0) is 17.9 Å². The molecule has 0 saturated carbocycles. The van der Waals surface area contributed by atoms with Gasteiger partial charge < -0.3 is 4.57 Å². The van der Waals surface area contributed by atoms with Crippen molar-refractivity contribution in [1.29, 1.82) is 0 Å². The normalized spacial score (nSPS) is 15.2. The quantitative estimate of drug-likeness (QED) is 0.300. The van der Waals surface area contributed by atoms with Crippen LogP contribution in [0.2, 0.25) is 5.02 Å². The molecule has 1 aliphatic heterocycles. The smallest absolute Gasteiger partial charge is 0.293 e. The van der Waals surface area contributed by atoms with E-state index in [2.05, 4.69) is 4.57 Å². The van der Waals surface area contributed by atoms with E-state index in [0.717, 1.165) is 38.7 Å². The monoisotopic (exact) mass is 476 g/mol. The third kappa shape index (κ3) is 4.19. The molecule has 1 aromatic heterocycles. The van der Waals surface area contributed by atoms with Gasteiger partial charge in [0.2, 0.25) is 0 Å². The maximum absolute atomic E-state index is 14.0. The van der Waals surface area contributed by atoms with E-state index in [1.165, 1.54) is 6.07 Å². The Hall–Kier alpha value is -3.35. The first-order valence-electron chi connectivity index (χ1n) is 10.3. The first kappa shape index (κ1) is 21.5. The van der Waals surface area contributed by atoms with Gasteiger partial charge in [0.1, 0.15) is 5.82 Å². The van der Waals surface area contributed by atoms with Crippen molar-refractivity contribution in [2.24, 2.45) is 0 Å². The standard InChI is InChI=1S/C26H18ClFN2O2S/c27-21-10-4-1-7-17(21)14-29-15-19(20-9-3-6-12-23(20)29)13-24-25(31)30(26(32)33-24)16-18-8-2-5-11-22(18)28/h1-13,15H,14,16H2/b24-13+. The molecule has 164 valence electrons. The highest BCUT2D eigenvalue weighted by Gasteiger charge is 2.35. The number of para-hydroxylation sites is 1. The molecule has 0 radical (unpaired) electrons. The summed E-state index contributed by atoms with van der Waals surface area (Å²) in [6, 6.07) is 21.7. The van der Waals surface area contributed by atoms with Crippen molar-refractivity contribution in [2.45, 2.75) is 13.1 Å². The van der Waals surface area contributed by atoms with Crippen LogP contribution in [0.4, 0.5) is 9.18 Å². The molecule has 0 spiro atoms. The van der Waals surface area contributed by atoms with Gasteiger partial charge in [0.25, 0.3) is 11.1 Å². The average Bonchev–Trinajstić information content (AvgIpc) is 3.29. The minimum absolute atomic E-state index is 0.0943. The first-order valence-corrected chi connectivity index (χ1v) is 11.5. The molecule has 1 saturated heterocycles. The third-order valence-corrected chi connectivity index (χ3v) is 6.84. The van der Waals surface area contributed by atoms with E-state index in [1.807, 2.05) is 54.7 Å². The number of fused-ring (bicyclic) bond motifs is 1. The number of carbonyl (C=O) groups excluding carboxylic acids is 2. The molecule has 0 unspecified atom stereocenters. The van der Waals surface area contributed by atoms with Crippen LogP contribution in [0, 0.1) is 5.82 Å². The maximum atomic E-state index is 14.0. The molecule has 0 atom stereocenters. The molecule has 33 heavy (non-hydrogen) atoms. The summed E-state index contributed by atoms with van der Waals surface area (Å²) in [7, 11) is 0. The number of carbonyl (C=O) groups is 2. The summed E-state index contributed by atoms with van der Waals surface area (Å²) in [5.74, 6) is -0.862. The fraction of sp³-hybridized carbons (Fsp3) is 0.0769. The number of halogens is 2. The van der Waals surface area contributed by atoms with Gasteiger partial charge in [0.05, 0.1) is 11.4 Å². The lowest BCUT2D eigenvalue weighted by Gasteiger charge is -2.12. The molecule has 4 nitrogen and oxygen atoms in total. The van der Waals surface area contributed by atoms with E-state index in [1.54, 1.807) is 24.3 Å². The molecule has 5 rings (SSSR count). The van der Waals surface area contributed by atoms with Crippen molar-refractivity contribution in [3.63, 3.8) is 0 Å². The second kappa shape index (κ2) is 8.89. The summed E-state index contributed by atoms with van der Waals surface area (Å²) in [6.07, 6.45) is 3.69. The van der Waals surface area contributed by atoms with Gasteiger partial charge >= 0.3 is 0 Å². The van der Waals surface area contributed by atoms with Gasteiger partial charge in [-0.2, -0.15) is 0 Å². The second-order valence-corrected chi connectivity index (χ2v) is 9.08. The van der Waals surface area contributed by atoms with Gasteiger partial charge in [-0.25, -0.2) is 4.39 Å². The lowest BCUT2D eigenvalue weighted by Crippen LogP contribution is -2.27. The molecular formula is C26H18ClFN2O2S. The number of amides is 2. The van der Waals surface area contributed by atoms with E-state index in [4.69, 9.17) is 11.6 Å². The third-order valence-electron chi connectivity index (χ3n) is 5.56. The molecule has 0 bridgehead atoms. The summed E-state index contributed by atoms with van der Waals surface area (Å²) in [4.78, 5) is 26.9. The minimum atomic E-state index is -0.442. The Morgan fingerprint density at radius 2 is 1.58 bits per heavy atom. The summed E-state index contributed by atoms with van der Waals surface area (Å²) in [6.45, 7) is 0.478. The number of aromatic nitrogens is 1. The molecule has 1 fully saturated rings. The highest BCUT2D eigenvalue weighted by Crippen LogP contribution is 2.35. The van der Waals surface area contributed by atoms with Crippen molar-refractivity contribution >= 4 is 51.5 Å². The number of hydrogen-bond donors (Lipinski definition) is 0. The van der Waals surface area contributed by atoms with Crippen molar-refractivity contribution in [3.05, 3.63) is 111 Å². The van der Waals surface area contributed by atoms with Gasteiger partial charge in [-0.15, -0.1) is 0 Å². The number of hydrogen-bond acceptors (Lipinski definition) is 3. The SMILES string of the molecule is O=C1S/C(=C/c2cn(Cc3ccccc3Cl)c3ccccc23)C(=O)N1Cc1ccccc1F. The van der Waals surface area contributed by atoms with Gasteiger partial charge in [-0.3, -0.25) is 14.5 Å². The predicted octanol–water partition coefficient (Wildman–Crippen LogP) is 6.72. The van der Waals surface area contributed by atoms with Gasteiger partial charge in [-0.05, 0) is 41.6 Å². The molecule has 1 aliphatic rings. The van der Waals surface area contributed by atoms with Gasteiger partial charge in [-0.1, -0.05) is 66.2 Å². The fourth-order valence-corrected chi connectivity index (χ4v) is 4.93. The van der Waals surface area contributed by atoms with Crippen LogP contribution in [0.25, 0.3) is 17.0 Å². The molecular weight excluding hydrogens is 459 g/mol. The van der Waals surface area contributed by atoms with Crippen LogP contribution >= 0.6 is 23.4 Å². The molecule has 0 aliphatic carbocycles. The molecule has 2 heterocycles. The van der Waals surface area contributed by atoms with E-state index >= 15 is 0 Å². The van der Waals surface area contributed by atoms with E-state index in [-0.39, 0.29) is 6.54 Å². The Balaban J connectivity index is 1.48. The van der Waals surface area contributed by atoms with Crippen LogP contribution in [0.1, 0.15) is 16.7 Å². The van der Waals surface area contributed by atoms with Crippen LogP contribution in [0.3, 0.4) is 0 Å². The molecule has 4 aromatic rings. The lowest BCUT2D eigenvalue weighted by atomic mass is 10.1. The minimum Gasteiger partial charge on any atom is -0.342 e. The number of benzene rings is 3. The summed E-state index contributed by atoms with van der Waals surface area (Å²) < 4.78 is 16.1. The molecule has 0 N–H and O–H groups in total. The van der Waals surface area contributed by atoms with Crippen molar-refractivity contribution in [3.8, 4) is 0 Å². The summed E-state index contributed by atoms with van der Waals surface area (Å²) in [5, 5.41) is 1.24. The summed E-state index contributed by atoms with van der Waals surface area (Å²) >= 11 is 7.23. The van der Waals surface area contributed by atoms with E-state index in [0.29, 0.717) is 22.0 Å². The fourth-order valence-electron chi connectivity index (χ4n) is 3.91. The first-order chi connectivity index (χ1) is 16.0. The van der Waals surface area contributed by atoms with Gasteiger partial charge in [0, 0.05) is 39.8 Å². The zero-order valence-electron chi connectivity index (χ0n) is 17.4. The zero-order valence-corrected chi connectivity index (χ0v) is 18.9. The van der Waals surface area contributed by atoms with Gasteiger partial charge in [0.15, 0.2) is 0 Å². The number of nitrogens with zero attached hydrogens (tertiary/aromatic N) is 2. The molecule has 7 heteroatoms. The summed E-state index contributed by atoms with van der Waals surface area (Å²) in [5.41, 5.74) is 3.11. The molecule has 3 aromatic carbocycles. The lowest BCUT2D eigenvalue weighted by molar-refractivity contribution is -0.123. The van der Waals surface area contributed by atoms with Crippen molar-refractivity contribution in [1.82, 2.24) is 9.47 Å². The highest BCUT2D eigenvalue weighted by atomic mass is 35.5. The number of rotatable bonds is 5. The van der Waals surface area contributed by atoms with Crippen LogP contribution in [0.5, 0.6) is 0 Å². The largest absolute Gasteiger partial charge is 0.342 e. The topological polar surface area (TPSA) is 42.3 Å². The average molecular weight is 477 g/mol. The Morgan fingerprint density at radius 1 is 0.879 bits per heavy atom. The van der Waals surface area contributed by atoms with E-state index in [9.17, 15) is 14.0 Å².